The minimum Gasteiger partial charge on any atom is -0.462 e. The molecular weight excluding hydrogens is 925 g/mol. The van der Waals surface area contributed by atoms with Crippen LogP contribution in [0.5, 0.6) is 0 Å². The topological polar surface area (TPSA) is 231 Å². The normalized spacial score (nSPS) is 25.8. The van der Waals surface area contributed by atoms with Crippen LogP contribution in [0.4, 0.5) is 0 Å². The maximum atomic E-state index is 13.0. The van der Waals surface area contributed by atoms with Crippen molar-refractivity contribution in [3.8, 4) is 0 Å². The van der Waals surface area contributed by atoms with E-state index in [1.54, 1.807) is 0 Å². The molecule has 7 N–H and O–H groups in total. The Morgan fingerprint density at radius 2 is 0.847 bits per heavy atom. The number of aliphatic hydroxyl groups excluding tert-OH is 7. The van der Waals surface area contributed by atoms with Crippen LogP contribution in [0.25, 0.3) is 0 Å². The minimum absolute atomic E-state index is 0.0761. The molecule has 72 heavy (non-hydrogen) atoms. The van der Waals surface area contributed by atoms with Gasteiger partial charge in [-0.15, -0.1) is 0 Å². The first-order valence-electron chi connectivity index (χ1n) is 26.8. The van der Waals surface area contributed by atoms with Crippen LogP contribution in [-0.4, -0.2) is 142 Å². The molecule has 0 amide bonds. The molecule has 2 fully saturated rings. The number of unbranched alkanes of at least 4 members (excludes halogenated alkanes) is 10. The van der Waals surface area contributed by atoms with Crippen molar-refractivity contribution in [3.63, 3.8) is 0 Å². The molecule has 0 saturated carbocycles. The predicted octanol–water partition coefficient (Wildman–Crippen LogP) is 8.15. The van der Waals surface area contributed by atoms with E-state index in [1.165, 1.54) is 38.5 Å². The number of hydrogen-bond acceptors (Lipinski definition) is 15. The highest BCUT2D eigenvalue weighted by molar-refractivity contribution is 5.70. The van der Waals surface area contributed by atoms with Gasteiger partial charge in [0.25, 0.3) is 0 Å². The minimum atomic E-state index is -1.79. The molecule has 2 saturated heterocycles. The second-order valence-electron chi connectivity index (χ2n) is 18.3. The number of carbonyl (C=O) groups is 2. The zero-order valence-corrected chi connectivity index (χ0v) is 43.4. The van der Waals surface area contributed by atoms with Crippen molar-refractivity contribution in [3.05, 3.63) is 97.2 Å². The Bertz CT molecular complexity index is 1620. The lowest BCUT2D eigenvalue weighted by molar-refractivity contribution is -0.332. The fourth-order valence-corrected chi connectivity index (χ4v) is 7.60. The molecule has 11 atom stereocenters. The molecule has 4 unspecified atom stereocenters. The molecule has 410 valence electrons. The lowest BCUT2D eigenvalue weighted by atomic mass is 9.98. The Morgan fingerprint density at radius 3 is 1.32 bits per heavy atom. The summed E-state index contributed by atoms with van der Waals surface area (Å²) in [6.45, 7) is 2.42. The van der Waals surface area contributed by atoms with Crippen LogP contribution in [0.3, 0.4) is 0 Å². The number of esters is 2. The zero-order chi connectivity index (χ0) is 52.4. The molecule has 0 bridgehead atoms. The summed E-state index contributed by atoms with van der Waals surface area (Å²) >= 11 is 0. The first-order valence-corrected chi connectivity index (χ1v) is 26.8. The summed E-state index contributed by atoms with van der Waals surface area (Å²) < 4.78 is 33.5. The van der Waals surface area contributed by atoms with Crippen molar-refractivity contribution in [2.24, 2.45) is 0 Å². The molecule has 0 aromatic heterocycles. The van der Waals surface area contributed by atoms with E-state index in [4.69, 9.17) is 28.4 Å². The third-order valence-corrected chi connectivity index (χ3v) is 12.0. The highest BCUT2D eigenvalue weighted by Crippen LogP contribution is 2.26. The van der Waals surface area contributed by atoms with Crippen LogP contribution in [0.1, 0.15) is 155 Å². The zero-order valence-electron chi connectivity index (χ0n) is 43.4. The predicted molar refractivity (Wildman–Crippen MR) is 279 cm³/mol. The molecule has 2 rings (SSSR count). The van der Waals surface area contributed by atoms with Crippen LogP contribution < -0.4 is 0 Å². The van der Waals surface area contributed by atoms with Gasteiger partial charge >= 0.3 is 11.9 Å². The summed E-state index contributed by atoms with van der Waals surface area (Å²) in [5.74, 6) is -1.04. The van der Waals surface area contributed by atoms with Gasteiger partial charge in [0.1, 0.15) is 55.4 Å². The largest absolute Gasteiger partial charge is 0.462 e. The van der Waals surface area contributed by atoms with Crippen molar-refractivity contribution in [1.29, 1.82) is 0 Å². The van der Waals surface area contributed by atoms with Gasteiger partial charge in [-0.2, -0.15) is 0 Å². The molecule has 0 aliphatic carbocycles. The molecular formula is C57H92O15. The summed E-state index contributed by atoms with van der Waals surface area (Å²) in [6, 6.07) is 0. The van der Waals surface area contributed by atoms with Gasteiger partial charge < -0.3 is 64.2 Å². The van der Waals surface area contributed by atoms with E-state index >= 15 is 0 Å². The van der Waals surface area contributed by atoms with Crippen LogP contribution in [0.15, 0.2) is 97.2 Å². The number of carbonyl (C=O) groups excluding carboxylic acids is 2. The van der Waals surface area contributed by atoms with Gasteiger partial charge in [0.05, 0.1) is 19.8 Å². The number of ether oxygens (including phenoxy) is 6. The van der Waals surface area contributed by atoms with Gasteiger partial charge in [-0.25, -0.2) is 0 Å². The van der Waals surface area contributed by atoms with Gasteiger partial charge in [-0.1, -0.05) is 143 Å². The lowest BCUT2D eigenvalue weighted by Crippen LogP contribution is -2.61. The average Bonchev–Trinajstić information content (AvgIpc) is 3.37. The van der Waals surface area contributed by atoms with Crippen LogP contribution >= 0.6 is 0 Å². The van der Waals surface area contributed by atoms with Crippen LogP contribution in [-0.2, 0) is 38.0 Å². The van der Waals surface area contributed by atoms with Crippen molar-refractivity contribution >= 4 is 11.9 Å². The second kappa shape index (κ2) is 42.7. The van der Waals surface area contributed by atoms with E-state index in [9.17, 15) is 45.3 Å². The van der Waals surface area contributed by atoms with Crippen LogP contribution in [0.2, 0.25) is 0 Å². The standard InChI is InChI=1S/C57H92O15/c1-3-5-7-9-11-13-15-17-19-21-22-24-25-27-29-31-33-35-37-39-48(59)67-42-45(70-49(60)40-38-36-34-32-30-28-26-23-20-18-16-14-12-10-8-6-4-2)43-68-56-55(66)53(64)51(62)47(72-56)44-69-57-54(65)52(63)50(61)46(41-58)71-57/h11-14,17-20,22,24,26-29,32,34,45-47,50-58,61-66H,3-10,15-16,21,23,25,30-31,33,35-44H2,1-2H3/b13-11+,14-12+,19-17+,20-18+,24-22+,28-26+,29-27+,34-32+/t45-,46+,47+,50-,51-,52?,53?,54?,55?,56+,57+/m0/s1. The summed E-state index contributed by atoms with van der Waals surface area (Å²) in [7, 11) is 0. The molecule has 0 spiro atoms. The van der Waals surface area contributed by atoms with Crippen LogP contribution in [0, 0.1) is 0 Å². The van der Waals surface area contributed by atoms with Gasteiger partial charge in [0.15, 0.2) is 18.7 Å². The molecule has 0 aromatic carbocycles. The van der Waals surface area contributed by atoms with E-state index in [2.05, 4.69) is 98.9 Å². The highest BCUT2D eigenvalue weighted by atomic mass is 16.7. The Labute approximate surface area is 430 Å². The Balaban J connectivity index is 1.84. The fourth-order valence-electron chi connectivity index (χ4n) is 7.60. The number of aliphatic hydroxyl groups is 7. The SMILES string of the molecule is CCCCC/C=C/C/C=C/C/C=C/C/C=C/CCCCCC(=O)OC[C@@H](CO[C@@H]1O[C@H](CO[C@@H]2O[C@H](CO)[C@H](O)C(O)C2O)[C@H](O)C(O)C1O)OC(=O)CCC/C=C/C/C=C/C/C=C/C/C=C/CCCCC. The highest BCUT2D eigenvalue weighted by Gasteiger charge is 2.47. The second-order valence-corrected chi connectivity index (χ2v) is 18.3. The first-order chi connectivity index (χ1) is 35.0. The maximum absolute atomic E-state index is 13.0. The molecule has 2 aliphatic heterocycles. The fraction of sp³-hybridized carbons (Fsp3) is 0.684. The lowest BCUT2D eigenvalue weighted by Gasteiger charge is -2.42. The molecule has 15 heteroatoms. The summed E-state index contributed by atoms with van der Waals surface area (Å²) in [6.07, 6.45) is 37.2. The van der Waals surface area contributed by atoms with Gasteiger partial charge in [0, 0.05) is 12.8 Å². The van der Waals surface area contributed by atoms with Crippen molar-refractivity contribution in [2.45, 2.75) is 223 Å². The molecule has 0 radical (unpaired) electrons. The van der Waals surface area contributed by atoms with Crippen molar-refractivity contribution < 1.29 is 73.8 Å². The van der Waals surface area contributed by atoms with Gasteiger partial charge in [-0.05, 0) is 96.3 Å². The molecule has 2 heterocycles. The van der Waals surface area contributed by atoms with Crippen molar-refractivity contribution in [1.82, 2.24) is 0 Å². The first kappa shape index (κ1) is 64.5. The maximum Gasteiger partial charge on any atom is 0.306 e. The Kier molecular flexibility index (Phi) is 38.3. The molecule has 0 aromatic rings. The number of allylic oxidation sites excluding steroid dienone is 16. The Morgan fingerprint density at radius 1 is 0.444 bits per heavy atom. The quantitative estimate of drug-likeness (QED) is 0.0174. The summed E-state index contributed by atoms with van der Waals surface area (Å²) in [4.78, 5) is 25.8. The third kappa shape index (κ3) is 30.0. The smallest absolute Gasteiger partial charge is 0.306 e. The van der Waals surface area contributed by atoms with Gasteiger partial charge in [0.2, 0.25) is 0 Å². The van der Waals surface area contributed by atoms with Gasteiger partial charge in [-0.3, -0.25) is 9.59 Å². The van der Waals surface area contributed by atoms with E-state index in [0.717, 1.165) is 70.6 Å². The van der Waals surface area contributed by atoms with Crippen molar-refractivity contribution in [2.75, 3.05) is 26.4 Å². The average molecular weight is 1020 g/mol. The van der Waals surface area contributed by atoms with E-state index in [-0.39, 0.29) is 19.4 Å². The molecule has 15 nitrogen and oxygen atoms in total. The Hall–Kier alpha value is -3.58. The van der Waals surface area contributed by atoms with E-state index in [1.807, 2.05) is 12.2 Å². The summed E-state index contributed by atoms with van der Waals surface area (Å²) in [5, 5.41) is 72.1. The monoisotopic (exact) mass is 1020 g/mol. The number of hydrogen-bond donors (Lipinski definition) is 7. The van der Waals surface area contributed by atoms with E-state index in [0.29, 0.717) is 19.3 Å². The van der Waals surface area contributed by atoms with E-state index < -0.39 is 99.3 Å². The summed E-state index contributed by atoms with van der Waals surface area (Å²) in [5.41, 5.74) is 0. The molecule has 2 aliphatic rings. The number of rotatable bonds is 40. The third-order valence-electron chi connectivity index (χ3n) is 12.0.